The Morgan fingerprint density at radius 3 is 2.65 bits per heavy atom. The van der Waals surface area contributed by atoms with Crippen LogP contribution >= 0.6 is 0 Å². The van der Waals surface area contributed by atoms with Crippen LogP contribution in [-0.4, -0.2) is 41.1 Å². The highest BCUT2D eigenvalue weighted by Gasteiger charge is 2.21. The number of anilines is 1. The summed E-state index contributed by atoms with van der Waals surface area (Å²) >= 11 is 0. The quantitative estimate of drug-likeness (QED) is 0.465. The molecule has 1 heterocycles. The van der Waals surface area contributed by atoms with E-state index in [1.54, 1.807) is 31.2 Å². The maximum Gasteiger partial charge on any atom is 0.291 e. The van der Waals surface area contributed by atoms with E-state index in [0.717, 1.165) is 0 Å². The molecule has 9 nitrogen and oxygen atoms in total. The number of amides is 2. The predicted octanol–water partition coefficient (Wildman–Crippen LogP) is 2.52. The van der Waals surface area contributed by atoms with Crippen molar-refractivity contribution >= 4 is 17.5 Å². The molecule has 3 rings (SSSR count). The first-order valence-corrected chi connectivity index (χ1v) is 10.2. The number of hydrogen-bond acceptors (Lipinski definition) is 6. The van der Waals surface area contributed by atoms with Gasteiger partial charge in [0.1, 0.15) is 6.07 Å². The Morgan fingerprint density at radius 2 is 1.97 bits per heavy atom. The molecule has 0 fully saturated rings. The van der Waals surface area contributed by atoms with Crippen LogP contribution < -0.4 is 21.1 Å². The first-order valence-electron chi connectivity index (χ1n) is 10.2. The van der Waals surface area contributed by atoms with Gasteiger partial charge in [0.15, 0.2) is 24.0 Å². The van der Waals surface area contributed by atoms with Crippen molar-refractivity contribution in [1.29, 1.82) is 5.26 Å². The van der Waals surface area contributed by atoms with Gasteiger partial charge in [0.2, 0.25) is 5.82 Å². The van der Waals surface area contributed by atoms with Crippen molar-refractivity contribution in [3.05, 3.63) is 65.1 Å². The second-order valence-electron chi connectivity index (χ2n) is 7.24. The van der Waals surface area contributed by atoms with E-state index in [0.29, 0.717) is 29.9 Å². The second kappa shape index (κ2) is 10.5. The molecule has 0 aliphatic rings. The van der Waals surface area contributed by atoms with Crippen molar-refractivity contribution in [3.63, 3.8) is 0 Å². The molecule has 0 atom stereocenters. The van der Waals surface area contributed by atoms with E-state index >= 15 is 0 Å². The van der Waals surface area contributed by atoms with Gasteiger partial charge in [-0.05, 0) is 42.8 Å². The number of halogens is 2. The van der Waals surface area contributed by atoms with Gasteiger partial charge in [-0.25, -0.2) is 9.37 Å². The van der Waals surface area contributed by atoms with Gasteiger partial charge in [0, 0.05) is 37.0 Å². The monoisotopic (exact) mass is 468 g/mol. The summed E-state index contributed by atoms with van der Waals surface area (Å²) in [5.41, 5.74) is 6.95. The van der Waals surface area contributed by atoms with Crippen molar-refractivity contribution in [3.8, 4) is 23.1 Å². The van der Waals surface area contributed by atoms with Crippen LogP contribution in [0.1, 0.15) is 26.5 Å². The van der Waals surface area contributed by atoms with E-state index < -0.39 is 29.9 Å². The van der Waals surface area contributed by atoms with Crippen molar-refractivity contribution in [1.82, 2.24) is 14.9 Å². The van der Waals surface area contributed by atoms with E-state index in [-0.39, 0.29) is 23.0 Å². The molecule has 0 saturated carbocycles. The third-order valence-electron chi connectivity index (χ3n) is 4.97. The van der Waals surface area contributed by atoms with Crippen LogP contribution in [0.5, 0.6) is 5.75 Å². The molecule has 2 amide bonds. The third kappa shape index (κ3) is 5.02. The molecular weight excluding hydrogens is 446 g/mol. The molecule has 0 aliphatic heterocycles. The molecule has 176 valence electrons. The Balaban J connectivity index is 1.81. The highest BCUT2D eigenvalue weighted by atomic mass is 19.2. The number of hydrogen-bond donors (Lipinski definition) is 3. The van der Waals surface area contributed by atoms with Crippen molar-refractivity contribution < 1.29 is 23.1 Å². The largest absolute Gasteiger partial charge is 0.476 e. The zero-order chi connectivity index (χ0) is 24.8. The van der Waals surface area contributed by atoms with Crippen LogP contribution in [0, 0.1) is 29.9 Å². The predicted molar refractivity (Wildman–Crippen MR) is 120 cm³/mol. The smallest absolute Gasteiger partial charge is 0.291 e. The van der Waals surface area contributed by atoms with Gasteiger partial charge in [-0.2, -0.15) is 9.65 Å². The fourth-order valence-corrected chi connectivity index (χ4v) is 3.29. The highest BCUT2D eigenvalue weighted by Crippen LogP contribution is 2.30. The molecule has 0 unspecified atom stereocenters. The average molecular weight is 468 g/mol. The van der Waals surface area contributed by atoms with Crippen LogP contribution in [0.15, 0.2) is 36.5 Å². The average Bonchev–Trinajstić information content (AvgIpc) is 3.19. The van der Waals surface area contributed by atoms with Gasteiger partial charge < -0.3 is 25.7 Å². The molecule has 0 radical (unpaired) electrons. The molecular formula is C23H22F2N6O3. The number of benzene rings is 2. The maximum atomic E-state index is 14.6. The molecule has 1 aromatic heterocycles. The number of nitrogens with two attached hydrogens (primary N) is 1. The minimum absolute atomic E-state index is 0.0398. The lowest BCUT2D eigenvalue weighted by atomic mass is 10.1. The number of imidazole rings is 1. The second-order valence-corrected chi connectivity index (χ2v) is 7.24. The van der Waals surface area contributed by atoms with Crippen molar-refractivity contribution in [2.75, 3.05) is 25.0 Å². The Bertz CT molecular complexity index is 1280. The van der Waals surface area contributed by atoms with Gasteiger partial charge in [0.25, 0.3) is 11.8 Å². The lowest BCUT2D eigenvalue weighted by molar-refractivity contribution is 0.0953. The summed E-state index contributed by atoms with van der Waals surface area (Å²) in [5, 5.41) is 13.9. The van der Waals surface area contributed by atoms with Gasteiger partial charge in [0.05, 0.1) is 11.9 Å². The van der Waals surface area contributed by atoms with Gasteiger partial charge >= 0.3 is 0 Å². The summed E-state index contributed by atoms with van der Waals surface area (Å²) in [6.45, 7) is 1.97. The molecule has 0 saturated heterocycles. The Kier molecular flexibility index (Phi) is 7.55. The normalized spacial score (nSPS) is 10.5. The van der Waals surface area contributed by atoms with Crippen molar-refractivity contribution in [2.24, 2.45) is 12.8 Å². The number of aromatic nitrogens is 2. The SMILES string of the molecule is Cc1cc(NC(=O)c2ncc(-c3ccc(OCC#N)c(F)c3F)n2C)ccc1C(=O)NCCN. The molecule has 34 heavy (non-hydrogen) atoms. The van der Waals surface area contributed by atoms with Crippen LogP contribution in [0.3, 0.4) is 0 Å². The summed E-state index contributed by atoms with van der Waals surface area (Å²) in [6.07, 6.45) is 1.25. The molecule has 4 N–H and O–H groups in total. The Labute approximate surface area is 194 Å². The number of nitrogens with one attached hydrogen (secondary N) is 2. The van der Waals surface area contributed by atoms with Crippen LogP contribution in [-0.2, 0) is 7.05 Å². The Hall–Kier alpha value is -4.30. The van der Waals surface area contributed by atoms with Gasteiger partial charge in [-0.15, -0.1) is 0 Å². The van der Waals surface area contributed by atoms with E-state index in [2.05, 4.69) is 15.6 Å². The fraction of sp³-hybridized carbons (Fsp3) is 0.217. The number of aryl methyl sites for hydroxylation is 1. The molecule has 2 aromatic carbocycles. The zero-order valence-electron chi connectivity index (χ0n) is 18.5. The number of nitriles is 1. The minimum atomic E-state index is -1.24. The molecule has 0 spiro atoms. The number of carbonyl (C=O) groups is 2. The first kappa shape index (κ1) is 24.3. The van der Waals surface area contributed by atoms with Crippen LogP contribution in [0.25, 0.3) is 11.3 Å². The molecule has 3 aromatic rings. The maximum absolute atomic E-state index is 14.6. The van der Waals surface area contributed by atoms with Gasteiger partial charge in [-0.3, -0.25) is 9.59 Å². The van der Waals surface area contributed by atoms with E-state index in [4.69, 9.17) is 15.7 Å². The summed E-state index contributed by atoms with van der Waals surface area (Å²) in [5.74, 6) is -3.72. The lowest BCUT2D eigenvalue weighted by Gasteiger charge is -2.11. The highest BCUT2D eigenvalue weighted by molar-refractivity contribution is 6.03. The molecule has 0 aliphatic carbocycles. The zero-order valence-corrected chi connectivity index (χ0v) is 18.5. The lowest BCUT2D eigenvalue weighted by Crippen LogP contribution is -2.29. The molecule has 0 bridgehead atoms. The number of rotatable bonds is 8. The topological polar surface area (TPSA) is 135 Å². The first-order chi connectivity index (χ1) is 16.3. The molecule has 11 heteroatoms. The van der Waals surface area contributed by atoms with E-state index in [1.807, 2.05) is 0 Å². The standard InChI is InChI=1S/C23H22F2N6O3/c1-13-11-14(3-4-15(13)22(32)28-9-7-26)30-23(33)21-29-12-17(31(21)2)16-5-6-18(34-10-8-27)20(25)19(16)24/h3-6,11-12H,7,9-10,26H2,1-2H3,(H,28,32)(H,30,33). The van der Waals surface area contributed by atoms with E-state index in [1.165, 1.54) is 29.9 Å². The van der Waals surface area contributed by atoms with Crippen LogP contribution in [0.2, 0.25) is 0 Å². The summed E-state index contributed by atoms with van der Waals surface area (Å²) in [7, 11) is 1.49. The summed E-state index contributed by atoms with van der Waals surface area (Å²) < 4.78 is 35.1. The van der Waals surface area contributed by atoms with Crippen LogP contribution in [0.4, 0.5) is 14.5 Å². The number of carbonyl (C=O) groups excluding carboxylic acids is 2. The fourth-order valence-electron chi connectivity index (χ4n) is 3.29. The van der Waals surface area contributed by atoms with E-state index in [9.17, 15) is 18.4 Å². The number of ether oxygens (including phenoxy) is 1. The van der Waals surface area contributed by atoms with Crippen molar-refractivity contribution in [2.45, 2.75) is 6.92 Å². The van der Waals surface area contributed by atoms with Gasteiger partial charge in [-0.1, -0.05) is 0 Å². The Morgan fingerprint density at radius 1 is 1.21 bits per heavy atom. The number of nitrogens with zero attached hydrogens (tertiary/aromatic N) is 3. The third-order valence-corrected chi connectivity index (χ3v) is 4.97. The summed E-state index contributed by atoms with van der Waals surface area (Å²) in [6, 6.07) is 8.94. The minimum Gasteiger partial charge on any atom is -0.476 e. The summed E-state index contributed by atoms with van der Waals surface area (Å²) in [4.78, 5) is 29.0.